The number of sulfonamides is 1. The van der Waals surface area contributed by atoms with Gasteiger partial charge < -0.3 is 5.11 Å². The average molecular weight is 332 g/mol. The molecular formula is C15H22ClNO3S. The normalized spacial score (nSPS) is 21.1. The van der Waals surface area contributed by atoms with Gasteiger partial charge >= 0.3 is 0 Å². The van der Waals surface area contributed by atoms with Crippen molar-refractivity contribution in [1.82, 2.24) is 4.72 Å². The molecule has 1 aliphatic carbocycles. The molecule has 21 heavy (non-hydrogen) atoms. The minimum absolute atomic E-state index is 0.0396. The Bertz CT molecular complexity index is 603. The predicted octanol–water partition coefficient (Wildman–Crippen LogP) is 2.95. The lowest BCUT2D eigenvalue weighted by molar-refractivity contribution is -0.0205. The van der Waals surface area contributed by atoms with Crippen LogP contribution in [0.4, 0.5) is 0 Å². The summed E-state index contributed by atoms with van der Waals surface area (Å²) in [7, 11) is -3.64. The van der Waals surface area contributed by atoms with Crippen LogP contribution in [0.3, 0.4) is 0 Å². The summed E-state index contributed by atoms with van der Waals surface area (Å²) in [5.74, 6) is 0. The van der Waals surface area contributed by atoms with Gasteiger partial charge in [0.1, 0.15) is 0 Å². The van der Waals surface area contributed by atoms with Crippen molar-refractivity contribution in [1.29, 1.82) is 0 Å². The molecule has 0 saturated heterocycles. The quantitative estimate of drug-likeness (QED) is 0.891. The molecule has 1 saturated carbocycles. The highest BCUT2D eigenvalue weighted by Gasteiger charge is 2.37. The molecule has 6 heteroatoms. The van der Waals surface area contributed by atoms with Crippen LogP contribution in [0, 0.1) is 5.41 Å². The molecule has 118 valence electrons. The number of nitrogens with one attached hydrogen (secondary N) is 1. The molecule has 0 aromatic heterocycles. The third-order valence-electron chi connectivity index (χ3n) is 4.23. The van der Waals surface area contributed by atoms with Crippen LogP contribution < -0.4 is 4.72 Å². The second-order valence-corrected chi connectivity index (χ2v) is 8.87. The van der Waals surface area contributed by atoms with Crippen molar-refractivity contribution in [2.24, 2.45) is 5.41 Å². The summed E-state index contributed by atoms with van der Waals surface area (Å²) in [5.41, 5.74) is -0.737. The Morgan fingerprint density at radius 3 is 2.43 bits per heavy atom. The van der Waals surface area contributed by atoms with Gasteiger partial charge in [0, 0.05) is 11.6 Å². The van der Waals surface area contributed by atoms with Gasteiger partial charge in [-0.3, -0.25) is 0 Å². The van der Waals surface area contributed by atoms with Gasteiger partial charge in [-0.1, -0.05) is 31.5 Å². The summed E-state index contributed by atoms with van der Waals surface area (Å²) < 4.78 is 26.9. The Morgan fingerprint density at radius 1 is 1.24 bits per heavy atom. The molecule has 0 unspecified atom stereocenters. The van der Waals surface area contributed by atoms with Gasteiger partial charge in [-0.2, -0.15) is 0 Å². The molecule has 1 aliphatic rings. The Kier molecular flexibility index (Phi) is 4.69. The molecule has 1 aromatic rings. The smallest absolute Gasteiger partial charge is 0.240 e. The van der Waals surface area contributed by atoms with Crippen molar-refractivity contribution in [3.8, 4) is 0 Å². The Labute approximate surface area is 131 Å². The predicted molar refractivity (Wildman–Crippen MR) is 83.8 cm³/mol. The van der Waals surface area contributed by atoms with Crippen LogP contribution in [0.2, 0.25) is 5.02 Å². The number of hydrogen-bond donors (Lipinski definition) is 2. The third kappa shape index (κ3) is 4.42. The fraction of sp³-hybridized carbons (Fsp3) is 0.600. The molecule has 1 aromatic carbocycles. The van der Waals surface area contributed by atoms with Crippen LogP contribution >= 0.6 is 11.6 Å². The van der Waals surface area contributed by atoms with Crippen LogP contribution in [-0.2, 0) is 10.0 Å². The third-order valence-corrected chi connectivity index (χ3v) is 5.87. The molecule has 0 bridgehead atoms. The molecule has 0 spiro atoms. The van der Waals surface area contributed by atoms with Crippen LogP contribution in [-0.4, -0.2) is 25.7 Å². The molecule has 0 heterocycles. The summed E-state index contributed by atoms with van der Waals surface area (Å²) in [6.07, 6.45) is 3.00. The van der Waals surface area contributed by atoms with E-state index in [1.165, 1.54) is 12.1 Å². The Morgan fingerprint density at radius 2 is 1.86 bits per heavy atom. The second-order valence-electron chi connectivity index (χ2n) is 6.67. The average Bonchev–Trinajstić information content (AvgIpc) is 2.41. The largest absolute Gasteiger partial charge is 0.389 e. The molecule has 0 radical (unpaired) electrons. The first kappa shape index (κ1) is 16.7. The van der Waals surface area contributed by atoms with Crippen molar-refractivity contribution in [3.63, 3.8) is 0 Å². The number of aliphatic hydroxyl groups is 1. The van der Waals surface area contributed by atoms with Crippen LogP contribution in [0.25, 0.3) is 0 Å². The summed E-state index contributed by atoms with van der Waals surface area (Å²) in [6, 6.07) is 6.10. The number of rotatable bonds is 4. The van der Waals surface area contributed by atoms with Gasteiger partial charge in [0.2, 0.25) is 10.0 Å². The van der Waals surface area contributed by atoms with Crippen molar-refractivity contribution in [2.45, 2.75) is 50.0 Å². The van der Waals surface area contributed by atoms with E-state index in [0.717, 1.165) is 12.8 Å². The molecular weight excluding hydrogens is 310 g/mol. The molecule has 1 fully saturated rings. The first-order chi connectivity index (χ1) is 9.62. The lowest BCUT2D eigenvalue weighted by Crippen LogP contribution is -2.46. The zero-order valence-electron chi connectivity index (χ0n) is 12.4. The van der Waals surface area contributed by atoms with Crippen LogP contribution in [0.1, 0.15) is 39.5 Å². The molecule has 4 nitrogen and oxygen atoms in total. The first-order valence-corrected chi connectivity index (χ1v) is 8.96. The maximum atomic E-state index is 12.2. The van der Waals surface area contributed by atoms with Crippen molar-refractivity contribution in [2.75, 3.05) is 6.54 Å². The van der Waals surface area contributed by atoms with Gasteiger partial charge in [0.25, 0.3) is 0 Å². The van der Waals surface area contributed by atoms with Gasteiger partial charge in [0.15, 0.2) is 0 Å². The summed E-state index contributed by atoms with van der Waals surface area (Å²) in [5, 5.41) is 10.9. The van der Waals surface area contributed by atoms with E-state index >= 15 is 0 Å². The maximum Gasteiger partial charge on any atom is 0.240 e. The number of hydrogen-bond acceptors (Lipinski definition) is 3. The number of halogens is 1. The van der Waals surface area contributed by atoms with E-state index in [2.05, 4.69) is 18.6 Å². The first-order valence-electron chi connectivity index (χ1n) is 7.10. The highest BCUT2D eigenvalue weighted by molar-refractivity contribution is 7.89. The van der Waals surface area contributed by atoms with Gasteiger partial charge in [-0.05, 0) is 49.3 Å². The zero-order chi connectivity index (χ0) is 15.7. The van der Waals surface area contributed by atoms with Crippen molar-refractivity contribution >= 4 is 21.6 Å². The fourth-order valence-electron chi connectivity index (χ4n) is 2.52. The topological polar surface area (TPSA) is 66.4 Å². The summed E-state index contributed by atoms with van der Waals surface area (Å²) in [6.45, 7) is 4.38. The molecule has 0 atom stereocenters. The molecule has 2 rings (SSSR count). The summed E-state index contributed by atoms with van der Waals surface area (Å²) >= 11 is 5.82. The zero-order valence-corrected chi connectivity index (χ0v) is 14.0. The van der Waals surface area contributed by atoms with Gasteiger partial charge in [0.05, 0.1) is 10.5 Å². The molecule has 0 amide bonds. The highest BCUT2D eigenvalue weighted by Crippen LogP contribution is 2.39. The van der Waals surface area contributed by atoms with E-state index in [1.54, 1.807) is 12.1 Å². The van der Waals surface area contributed by atoms with Crippen molar-refractivity contribution < 1.29 is 13.5 Å². The molecule has 2 N–H and O–H groups in total. The van der Waals surface area contributed by atoms with Crippen LogP contribution in [0.5, 0.6) is 0 Å². The monoisotopic (exact) mass is 331 g/mol. The van der Waals surface area contributed by atoms with Gasteiger partial charge in [-0.15, -0.1) is 0 Å². The van der Waals surface area contributed by atoms with Crippen molar-refractivity contribution in [3.05, 3.63) is 29.3 Å². The van der Waals surface area contributed by atoms with E-state index in [-0.39, 0.29) is 16.9 Å². The van der Waals surface area contributed by atoms with Gasteiger partial charge in [-0.25, -0.2) is 13.1 Å². The minimum atomic E-state index is -3.64. The standard InChI is InChI=1S/C15H22ClNO3S/c1-14(2)6-8-15(18,9-7-14)11-17-21(19,20)13-5-3-4-12(16)10-13/h3-5,10,17-18H,6-9,11H2,1-2H3. The van der Waals surface area contributed by atoms with E-state index in [9.17, 15) is 13.5 Å². The lowest BCUT2D eigenvalue weighted by Gasteiger charge is -2.40. The Balaban J connectivity index is 2.02. The SMILES string of the molecule is CC1(C)CCC(O)(CNS(=O)(=O)c2cccc(Cl)c2)CC1. The number of benzene rings is 1. The van der Waals surface area contributed by atoms with E-state index in [4.69, 9.17) is 11.6 Å². The Hall–Kier alpha value is -0.620. The minimum Gasteiger partial charge on any atom is -0.389 e. The van der Waals surface area contributed by atoms with E-state index in [0.29, 0.717) is 17.9 Å². The summed E-state index contributed by atoms with van der Waals surface area (Å²) in [4.78, 5) is 0.120. The fourth-order valence-corrected chi connectivity index (χ4v) is 3.94. The van der Waals surface area contributed by atoms with E-state index in [1.807, 2.05) is 0 Å². The highest BCUT2D eigenvalue weighted by atomic mass is 35.5. The maximum absolute atomic E-state index is 12.2. The second kappa shape index (κ2) is 5.88. The van der Waals surface area contributed by atoms with Crippen LogP contribution in [0.15, 0.2) is 29.2 Å². The lowest BCUT2D eigenvalue weighted by atomic mass is 9.71. The molecule has 0 aliphatic heterocycles. The van der Waals surface area contributed by atoms with E-state index < -0.39 is 15.6 Å².